The van der Waals surface area contributed by atoms with E-state index < -0.39 is 6.04 Å². The van der Waals surface area contributed by atoms with Gasteiger partial charge in [-0.3, -0.25) is 9.59 Å². The molecule has 5 nitrogen and oxygen atoms in total. The molecule has 1 aliphatic rings. The highest BCUT2D eigenvalue weighted by molar-refractivity contribution is 6.31. The van der Waals surface area contributed by atoms with Gasteiger partial charge in [0.05, 0.1) is 0 Å². The lowest BCUT2D eigenvalue weighted by molar-refractivity contribution is -0.137. The second kappa shape index (κ2) is 6.54. The second-order valence-electron chi connectivity index (χ2n) is 5.75. The highest BCUT2D eigenvalue weighted by Crippen LogP contribution is 2.25. The highest BCUT2D eigenvalue weighted by atomic mass is 35.5. The molecule has 0 bridgehead atoms. The monoisotopic (exact) mass is 331 g/mol. The molecule has 2 heterocycles. The van der Waals surface area contributed by atoms with E-state index in [2.05, 4.69) is 16.7 Å². The molecule has 2 aromatic rings. The number of H-pyrrole nitrogens is 1. The van der Waals surface area contributed by atoms with Crippen molar-refractivity contribution in [2.45, 2.75) is 31.7 Å². The molecule has 0 unspecified atom stereocenters. The summed E-state index contributed by atoms with van der Waals surface area (Å²) in [4.78, 5) is 32.5. The molecule has 1 saturated heterocycles. The number of aliphatic imine (C=N–C) groups is 1. The lowest BCUT2D eigenvalue weighted by Gasteiger charge is -2.22. The first-order valence-corrected chi connectivity index (χ1v) is 8.03. The smallest absolute Gasteiger partial charge is 0.267 e. The van der Waals surface area contributed by atoms with Crippen LogP contribution >= 0.6 is 11.6 Å². The van der Waals surface area contributed by atoms with Gasteiger partial charge in [0.15, 0.2) is 0 Å². The molecule has 1 aromatic carbocycles. The number of fused-ring (bicyclic) bond motifs is 1. The van der Waals surface area contributed by atoms with Gasteiger partial charge in [0.2, 0.25) is 5.91 Å². The average molecular weight is 332 g/mol. The molecule has 1 aliphatic heterocycles. The number of rotatable bonds is 4. The van der Waals surface area contributed by atoms with E-state index >= 15 is 0 Å². The van der Waals surface area contributed by atoms with E-state index in [-0.39, 0.29) is 11.8 Å². The van der Waals surface area contributed by atoms with Gasteiger partial charge < -0.3 is 9.88 Å². The fourth-order valence-electron chi connectivity index (χ4n) is 3.17. The number of carbonyl (C=O) groups is 2. The predicted molar refractivity (Wildman–Crippen MR) is 90.9 cm³/mol. The fourth-order valence-corrected chi connectivity index (χ4v) is 3.34. The van der Waals surface area contributed by atoms with Crippen molar-refractivity contribution >= 4 is 41.0 Å². The molecule has 0 aliphatic carbocycles. The molecule has 1 N–H and O–H groups in total. The zero-order chi connectivity index (χ0) is 16.4. The zero-order valence-electron chi connectivity index (χ0n) is 12.7. The maximum Gasteiger partial charge on any atom is 0.267 e. The first-order chi connectivity index (χ1) is 11.1. The number of hydrogen-bond donors (Lipinski definition) is 1. The number of nitrogens with zero attached hydrogens (tertiary/aromatic N) is 2. The summed E-state index contributed by atoms with van der Waals surface area (Å²) in [6.07, 6.45) is 4.39. The summed E-state index contributed by atoms with van der Waals surface area (Å²) < 4.78 is 0. The van der Waals surface area contributed by atoms with Crippen LogP contribution in [0.2, 0.25) is 5.02 Å². The molecular formula is C17H18ClN3O2. The van der Waals surface area contributed by atoms with Crippen LogP contribution in [0.25, 0.3) is 10.9 Å². The molecule has 1 atom stereocenters. The van der Waals surface area contributed by atoms with Crippen molar-refractivity contribution in [1.82, 2.24) is 9.88 Å². The Morgan fingerprint density at radius 1 is 1.43 bits per heavy atom. The minimum atomic E-state index is -0.433. The standard InChI is InChI=1S/C17H18ClN3O2/c1-19-17(23)15-3-2-8-21(15)16(22)7-4-11-10-20-14-6-5-12(18)9-13(11)14/h5-6,9-10,15,20H,1-4,7-8H2/t15-/m0/s1. The van der Waals surface area contributed by atoms with Crippen molar-refractivity contribution in [2.75, 3.05) is 6.54 Å². The van der Waals surface area contributed by atoms with Crippen molar-refractivity contribution in [2.24, 2.45) is 4.99 Å². The number of nitrogens with one attached hydrogen (secondary N) is 1. The molecule has 0 spiro atoms. The van der Waals surface area contributed by atoms with Crippen LogP contribution in [0, 0.1) is 0 Å². The molecule has 2 amide bonds. The third kappa shape index (κ3) is 3.15. The van der Waals surface area contributed by atoms with Gasteiger partial charge in [-0.15, -0.1) is 0 Å². The van der Waals surface area contributed by atoms with Crippen LogP contribution in [0.4, 0.5) is 0 Å². The van der Waals surface area contributed by atoms with Gasteiger partial charge in [-0.25, -0.2) is 4.99 Å². The minimum Gasteiger partial charge on any atom is -0.361 e. The Kier molecular flexibility index (Phi) is 4.48. The Morgan fingerprint density at radius 3 is 3.04 bits per heavy atom. The van der Waals surface area contributed by atoms with E-state index in [1.165, 1.54) is 0 Å². The van der Waals surface area contributed by atoms with Gasteiger partial charge in [-0.2, -0.15) is 0 Å². The first-order valence-electron chi connectivity index (χ1n) is 7.65. The average Bonchev–Trinajstić information content (AvgIpc) is 3.18. The van der Waals surface area contributed by atoms with Gasteiger partial charge in [0, 0.05) is 35.1 Å². The number of aromatic nitrogens is 1. The number of halogens is 1. The summed E-state index contributed by atoms with van der Waals surface area (Å²) in [5, 5.41) is 1.71. The van der Waals surface area contributed by atoms with Crippen LogP contribution in [0.1, 0.15) is 24.8 Å². The summed E-state index contributed by atoms with van der Waals surface area (Å²) in [6.45, 7) is 3.89. The fraction of sp³-hybridized carbons (Fsp3) is 0.353. The van der Waals surface area contributed by atoms with Crippen LogP contribution in [0.5, 0.6) is 0 Å². The van der Waals surface area contributed by atoms with Crippen LogP contribution in [0.3, 0.4) is 0 Å². The van der Waals surface area contributed by atoms with Crippen LogP contribution in [0.15, 0.2) is 29.4 Å². The lowest BCUT2D eigenvalue weighted by Crippen LogP contribution is -2.39. The summed E-state index contributed by atoms with van der Waals surface area (Å²) in [7, 11) is 0. The Hall–Kier alpha value is -2.14. The number of hydrogen-bond acceptors (Lipinski definition) is 2. The number of amides is 2. The number of likely N-dealkylation sites (tertiary alicyclic amines) is 1. The SMILES string of the molecule is C=NC(=O)[C@@H]1CCCN1C(=O)CCc1c[nH]c2ccc(Cl)cc12. The van der Waals surface area contributed by atoms with Crippen molar-refractivity contribution in [3.63, 3.8) is 0 Å². The Morgan fingerprint density at radius 2 is 2.26 bits per heavy atom. The van der Waals surface area contributed by atoms with Gasteiger partial charge in [-0.05, 0) is 49.7 Å². The van der Waals surface area contributed by atoms with Gasteiger partial charge in [-0.1, -0.05) is 11.6 Å². The summed E-state index contributed by atoms with van der Waals surface area (Å²) in [6, 6.07) is 5.22. The van der Waals surface area contributed by atoms with Gasteiger partial charge in [0.1, 0.15) is 6.04 Å². The number of benzene rings is 1. The van der Waals surface area contributed by atoms with Gasteiger partial charge in [0.25, 0.3) is 5.91 Å². The molecule has 6 heteroatoms. The van der Waals surface area contributed by atoms with Crippen LogP contribution in [-0.4, -0.2) is 41.0 Å². The van der Waals surface area contributed by atoms with E-state index in [4.69, 9.17) is 11.6 Å². The molecular weight excluding hydrogens is 314 g/mol. The minimum absolute atomic E-state index is 0.0131. The van der Waals surface area contributed by atoms with Crippen molar-refractivity contribution in [3.05, 3.63) is 35.0 Å². The number of aromatic amines is 1. The quantitative estimate of drug-likeness (QED) is 0.875. The lowest BCUT2D eigenvalue weighted by atomic mass is 10.1. The van der Waals surface area contributed by atoms with E-state index in [1.807, 2.05) is 24.4 Å². The van der Waals surface area contributed by atoms with Crippen molar-refractivity contribution < 1.29 is 9.59 Å². The normalized spacial score (nSPS) is 17.6. The molecule has 1 aromatic heterocycles. The maximum absolute atomic E-state index is 12.4. The number of aryl methyl sites for hydroxylation is 1. The summed E-state index contributed by atoms with van der Waals surface area (Å²) in [5.41, 5.74) is 2.06. The molecule has 1 fully saturated rings. The van der Waals surface area contributed by atoms with E-state index in [0.29, 0.717) is 30.8 Å². The Labute approximate surface area is 139 Å². The molecule has 3 rings (SSSR count). The van der Waals surface area contributed by atoms with Gasteiger partial charge >= 0.3 is 0 Å². The van der Waals surface area contributed by atoms with Crippen molar-refractivity contribution in [3.8, 4) is 0 Å². The largest absolute Gasteiger partial charge is 0.361 e. The van der Waals surface area contributed by atoms with Crippen LogP contribution < -0.4 is 0 Å². The zero-order valence-corrected chi connectivity index (χ0v) is 13.5. The highest BCUT2D eigenvalue weighted by Gasteiger charge is 2.33. The Balaban J connectivity index is 1.69. The maximum atomic E-state index is 12.4. The van der Waals surface area contributed by atoms with E-state index in [9.17, 15) is 9.59 Å². The van der Waals surface area contributed by atoms with Crippen molar-refractivity contribution in [1.29, 1.82) is 0 Å². The summed E-state index contributed by atoms with van der Waals surface area (Å²) >= 11 is 6.04. The molecule has 120 valence electrons. The number of carbonyl (C=O) groups excluding carboxylic acids is 2. The second-order valence-corrected chi connectivity index (χ2v) is 6.18. The first kappa shape index (κ1) is 15.7. The van der Waals surface area contributed by atoms with Crippen LogP contribution in [-0.2, 0) is 16.0 Å². The molecule has 0 radical (unpaired) electrons. The van der Waals surface area contributed by atoms with E-state index in [0.717, 1.165) is 22.9 Å². The van der Waals surface area contributed by atoms with E-state index in [1.54, 1.807) is 4.90 Å². The molecule has 0 saturated carbocycles. The molecule has 23 heavy (non-hydrogen) atoms. The third-order valence-corrected chi connectivity index (χ3v) is 4.59. The topological polar surface area (TPSA) is 65.5 Å². The predicted octanol–water partition coefficient (Wildman–Crippen LogP) is 2.97. The third-order valence-electron chi connectivity index (χ3n) is 4.35. The summed E-state index contributed by atoms with van der Waals surface area (Å²) in [5.74, 6) is -0.324. The Bertz CT molecular complexity index is 768.